The minimum Gasteiger partial charge on any atom is -0.497 e. The molecule has 1 aromatic carbocycles. The Labute approximate surface area is 121 Å². The summed E-state index contributed by atoms with van der Waals surface area (Å²) in [7, 11) is 1.69. The van der Waals surface area contributed by atoms with Gasteiger partial charge in [-0.3, -0.25) is 0 Å². The van der Waals surface area contributed by atoms with Gasteiger partial charge in [-0.1, -0.05) is 32.3 Å². The predicted molar refractivity (Wildman–Crippen MR) is 85.5 cm³/mol. The van der Waals surface area contributed by atoms with Crippen molar-refractivity contribution >= 4 is 16.6 Å². The average Bonchev–Trinajstić information content (AvgIpc) is 2.47. The van der Waals surface area contributed by atoms with Gasteiger partial charge in [0, 0.05) is 17.6 Å². The molecular weight excluding hydrogens is 248 g/mol. The normalized spacial score (nSPS) is 12.3. The van der Waals surface area contributed by atoms with Crippen LogP contribution >= 0.6 is 0 Å². The van der Waals surface area contributed by atoms with Gasteiger partial charge in [-0.15, -0.1) is 0 Å². The maximum absolute atomic E-state index is 5.31. The lowest BCUT2D eigenvalue weighted by atomic mass is 10.1. The first kappa shape index (κ1) is 14.6. The van der Waals surface area contributed by atoms with Crippen LogP contribution < -0.4 is 10.1 Å². The van der Waals surface area contributed by atoms with Crippen molar-refractivity contribution in [2.45, 2.75) is 45.6 Å². The Kier molecular flexibility index (Phi) is 5.22. The molecule has 1 aromatic heterocycles. The number of nitrogens with one attached hydrogen (secondary N) is 1. The summed E-state index contributed by atoms with van der Waals surface area (Å²) in [6.45, 7) is 4.45. The van der Waals surface area contributed by atoms with E-state index < -0.39 is 0 Å². The summed E-state index contributed by atoms with van der Waals surface area (Å²) in [5.74, 6) is 1.82. The van der Waals surface area contributed by atoms with Crippen molar-refractivity contribution < 1.29 is 4.74 Å². The number of methoxy groups -OCH3 is 1. The Morgan fingerprint density at radius 3 is 2.85 bits per heavy atom. The number of pyridine rings is 1. The van der Waals surface area contributed by atoms with Gasteiger partial charge < -0.3 is 10.1 Å². The molecular formula is C17H24N2O. The van der Waals surface area contributed by atoms with Crippen LogP contribution in [-0.4, -0.2) is 18.1 Å². The number of fused-ring (bicyclic) bond motifs is 1. The molecule has 108 valence electrons. The van der Waals surface area contributed by atoms with E-state index in [1.54, 1.807) is 7.11 Å². The smallest absolute Gasteiger partial charge is 0.134 e. The highest BCUT2D eigenvalue weighted by molar-refractivity contribution is 5.92. The van der Waals surface area contributed by atoms with Gasteiger partial charge in [-0.25, -0.2) is 4.98 Å². The van der Waals surface area contributed by atoms with Crippen LogP contribution in [0.1, 0.15) is 39.5 Å². The van der Waals surface area contributed by atoms with Crippen molar-refractivity contribution in [3.05, 3.63) is 30.5 Å². The SMILES string of the molecule is CCCCCC(C)Nc1nccc2ccc(OC)cc12. The summed E-state index contributed by atoms with van der Waals surface area (Å²) in [5, 5.41) is 5.83. The number of hydrogen-bond donors (Lipinski definition) is 1. The van der Waals surface area contributed by atoms with Gasteiger partial charge >= 0.3 is 0 Å². The molecule has 0 spiro atoms. The van der Waals surface area contributed by atoms with E-state index in [4.69, 9.17) is 4.74 Å². The largest absolute Gasteiger partial charge is 0.497 e. The zero-order chi connectivity index (χ0) is 14.4. The Bertz CT molecular complexity index is 554. The second kappa shape index (κ2) is 7.13. The molecule has 1 heterocycles. The van der Waals surface area contributed by atoms with Gasteiger partial charge in [0.15, 0.2) is 0 Å². The average molecular weight is 272 g/mol. The van der Waals surface area contributed by atoms with Crippen molar-refractivity contribution in [2.24, 2.45) is 0 Å². The Morgan fingerprint density at radius 2 is 2.10 bits per heavy atom. The third kappa shape index (κ3) is 3.62. The van der Waals surface area contributed by atoms with Crippen LogP contribution in [0.3, 0.4) is 0 Å². The molecule has 0 radical (unpaired) electrons. The number of nitrogens with zero attached hydrogens (tertiary/aromatic N) is 1. The minimum absolute atomic E-state index is 0.436. The van der Waals surface area contributed by atoms with E-state index in [1.807, 2.05) is 24.4 Å². The van der Waals surface area contributed by atoms with Crippen molar-refractivity contribution in [3.63, 3.8) is 0 Å². The minimum atomic E-state index is 0.436. The molecule has 1 unspecified atom stereocenters. The topological polar surface area (TPSA) is 34.2 Å². The Hall–Kier alpha value is -1.77. The van der Waals surface area contributed by atoms with Crippen LogP contribution in [0.4, 0.5) is 5.82 Å². The van der Waals surface area contributed by atoms with Crippen LogP contribution in [-0.2, 0) is 0 Å². The van der Waals surface area contributed by atoms with Crippen molar-refractivity contribution in [1.29, 1.82) is 0 Å². The van der Waals surface area contributed by atoms with Crippen LogP contribution in [0, 0.1) is 0 Å². The molecule has 0 aliphatic heterocycles. The first-order valence-corrected chi connectivity index (χ1v) is 7.44. The highest BCUT2D eigenvalue weighted by Gasteiger charge is 2.07. The maximum Gasteiger partial charge on any atom is 0.134 e. The van der Waals surface area contributed by atoms with Gasteiger partial charge in [0.05, 0.1) is 7.11 Å². The van der Waals surface area contributed by atoms with E-state index in [0.29, 0.717) is 6.04 Å². The number of ether oxygens (including phenoxy) is 1. The number of unbranched alkanes of at least 4 members (excludes halogenated alkanes) is 2. The van der Waals surface area contributed by atoms with E-state index in [1.165, 1.54) is 31.1 Å². The van der Waals surface area contributed by atoms with Crippen LogP contribution in [0.15, 0.2) is 30.5 Å². The molecule has 0 amide bonds. The lowest BCUT2D eigenvalue weighted by Gasteiger charge is -2.16. The molecule has 2 rings (SSSR count). The molecule has 3 heteroatoms. The highest BCUT2D eigenvalue weighted by Crippen LogP contribution is 2.26. The van der Waals surface area contributed by atoms with Gasteiger partial charge in [-0.2, -0.15) is 0 Å². The molecule has 1 atom stereocenters. The Morgan fingerprint density at radius 1 is 1.25 bits per heavy atom. The molecule has 0 bridgehead atoms. The van der Waals surface area contributed by atoms with E-state index in [-0.39, 0.29) is 0 Å². The second-order valence-electron chi connectivity index (χ2n) is 5.29. The molecule has 0 aliphatic rings. The van der Waals surface area contributed by atoms with Gasteiger partial charge in [0.1, 0.15) is 11.6 Å². The van der Waals surface area contributed by atoms with Crippen molar-refractivity contribution in [1.82, 2.24) is 4.98 Å². The third-order valence-electron chi connectivity index (χ3n) is 3.60. The zero-order valence-electron chi connectivity index (χ0n) is 12.6. The van der Waals surface area contributed by atoms with E-state index in [9.17, 15) is 0 Å². The van der Waals surface area contributed by atoms with E-state index in [0.717, 1.165) is 17.0 Å². The summed E-state index contributed by atoms with van der Waals surface area (Å²) in [5.41, 5.74) is 0. The summed E-state index contributed by atoms with van der Waals surface area (Å²) < 4.78 is 5.31. The molecule has 0 saturated heterocycles. The number of aromatic nitrogens is 1. The first-order chi connectivity index (χ1) is 9.74. The molecule has 20 heavy (non-hydrogen) atoms. The maximum atomic E-state index is 5.31. The molecule has 2 aromatic rings. The summed E-state index contributed by atoms with van der Waals surface area (Å²) >= 11 is 0. The third-order valence-corrected chi connectivity index (χ3v) is 3.60. The van der Waals surface area contributed by atoms with E-state index >= 15 is 0 Å². The number of hydrogen-bond acceptors (Lipinski definition) is 3. The number of anilines is 1. The fraction of sp³-hybridized carbons (Fsp3) is 0.471. The molecule has 0 fully saturated rings. The number of benzene rings is 1. The van der Waals surface area contributed by atoms with Crippen LogP contribution in [0.2, 0.25) is 0 Å². The highest BCUT2D eigenvalue weighted by atomic mass is 16.5. The van der Waals surface area contributed by atoms with Crippen molar-refractivity contribution in [3.8, 4) is 5.75 Å². The quantitative estimate of drug-likeness (QED) is 0.746. The Balaban J connectivity index is 2.16. The molecule has 0 aliphatic carbocycles. The monoisotopic (exact) mass is 272 g/mol. The summed E-state index contributed by atoms with van der Waals surface area (Å²) in [4.78, 5) is 4.48. The van der Waals surface area contributed by atoms with Crippen LogP contribution in [0.5, 0.6) is 5.75 Å². The predicted octanol–water partition coefficient (Wildman–Crippen LogP) is 4.62. The molecule has 3 nitrogen and oxygen atoms in total. The van der Waals surface area contributed by atoms with Crippen molar-refractivity contribution in [2.75, 3.05) is 12.4 Å². The summed E-state index contributed by atoms with van der Waals surface area (Å²) in [6.07, 6.45) is 6.85. The zero-order valence-corrected chi connectivity index (χ0v) is 12.6. The number of rotatable bonds is 7. The van der Waals surface area contributed by atoms with E-state index in [2.05, 4.69) is 30.2 Å². The van der Waals surface area contributed by atoms with Gasteiger partial charge in [0.2, 0.25) is 0 Å². The molecule has 1 N–H and O–H groups in total. The van der Waals surface area contributed by atoms with Gasteiger partial charge in [0.25, 0.3) is 0 Å². The fourth-order valence-corrected chi connectivity index (χ4v) is 2.40. The van der Waals surface area contributed by atoms with Gasteiger partial charge in [-0.05, 0) is 36.9 Å². The standard InChI is InChI=1S/C17H24N2O/c1-4-5-6-7-13(2)19-17-16-12-15(20-3)9-8-14(16)10-11-18-17/h8-13H,4-7H2,1-3H3,(H,18,19). The fourth-order valence-electron chi connectivity index (χ4n) is 2.40. The first-order valence-electron chi connectivity index (χ1n) is 7.44. The summed E-state index contributed by atoms with van der Waals surface area (Å²) in [6, 6.07) is 8.57. The lowest BCUT2D eigenvalue weighted by molar-refractivity contribution is 0.415. The second-order valence-corrected chi connectivity index (χ2v) is 5.29. The van der Waals surface area contributed by atoms with Crippen LogP contribution in [0.25, 0.3) is 10.8 Å². The molecule has 0 saturated carbocycles. The lowest BCUT2D eigenvalue weighted by Crippen LogP contribution is -2.16.